The second-order valence-corrected chi connectivity index (χ2v) is 13.6. The van der Waals surface area contributed by atoms with Gasteiger partial charge in [-0.05, 0) is 96.8 Å². The number of fused-ring (bicyclic) bond motifs is 5. The lowest BCUT2D eigenvalue weighted by Crippen LogP contribution is -2.64. The van der Waals surface area contributed by atoms with E-state index in [9.17, 15) is 9.59 Å². The number of nitrogens with zero attached hydrogens (tertiary/aromatic N) is 1. The fourth-order valence-electron chi connectivity index (χ4n) is 9.39. The number of carbonyl (C=O) groups is 2. The highest BCUT2D eigenvalue weighted by Gasteiger charge is 2.61. The van der Waals surface area contributed by atoms with Crippen LogP contribution in [0.2, 0.25) is 5.02 Å². The van der Waals surface area contributed by atoms with E-state index in [1.54, 1.807) is 0 Å². The third-order valence-corrected chi connectivity index (χ3v) is 11.5. The lowest BCUT2D eigenvalue weighted by atomic mass is 9.47. The minimum absolute atomic E-state index is 0.0205. The highest BCUT2D eigenvalue weighted by molar-refractivity contribution is 6.30. The largest absolute Gasteiger partial charge is 0.344 e. The van der Waals surface area contributed by atoms with Crippen LogP contribution in [0.25, 0.3) is 0 Å². The first-order valence-electron chi connectivity index (χ1n) is 14.6. The van der Waals surface area contributed by atoms with Crippen LogP contribution in [0.1, 0.15) is 82.4 Å². The first-order valence-corrected chi connectivity index (χ1v) is 15.0. The molecule has 5 heteroatoms. The van der Waals surface area contributed by atoms with Crippen molar-refractivity contribution in [2.75, 3.05) is 7.05 Å². The Labute approximate surface area is 232 Å². The molecule has 0 bridgehead atoms. The molecular weight excluding hydrogens is 492 g/mol. The number of halogens is 1. The highest BCUT2D eigenvalue weighted by atomic mass is 35.5. The van der Waals surface area contributed by atoms with Crippen LogP contribution in [0.4, 0.5) is 0 Å². The standard InChI is InChI=1S/C33H41ClN2O2/c1-32-18-7-10-26(32)24-15-16-28-33(2,27(24)17-19-32)20-25(31(38)36(28)3)30(37)35-29(21-8-5-4-6-9-21)22-11-13-23(34)14-12-22/h4-6,8-9,11-14,24-29H,7,10,15-20H2,1-3H3,(H,35,37)/t24-,25?,26-,27+,28?,29?,32-,33+/m0/s1. The molecule has 0 aromatic heterocycles. The molecule has 4 aliphatic rings. The first kappa shape index (κ1) is 25.9. The third kappa shape index (κ3) is 4.18. The Morgan fingerprint density at radius 1 is 0.947 bits per heavy atom. The minimum Gasteiger partial charge on any atom is -0.344 e. The smallest absolute Gasteiger partial charge is 0.235 e. The summed E-state index contributed by atoms with van der Waals surface area (Å²) >= 11 is 6.17. The molecule has 2 amide bonds. The molecule has 1 heterocycles. The van der Waals surface area contributed by atoms with Crippen LogP contribution in [0.5, 0.6) is 0 Å². The van der Waals surface area contributed by atoms with Crippen molar-refractivity contribution in [2.45, 2.75) is 77.3 Å². The Balaban J connectivity index is 1.28. The zero-order chi connectivity index (χ0) is 26.7. The van der Waals surface area contributed by atoms with E-state index in [-0.39, 0.29) is 29.3 Å². The molecule has 8 atom stereocenters. The molecule has 1 N–H and O–H groups in total. The molecule has 6 rings (SSSR count). The van der Waals surface area contributed by atoms with Crippen molar-refractivity contribution in [2.24, 2.45) is 34.5 Å². The summed E-state index contributed by atoms with van der Waals surface area (Å²) in [5.41, 5.74) is 2.42. The van der Waals surface area contributed by atoms with Crippen molar-refractivity contribution in [1.82, 2.24) is 10.2 Å². The van der Waals surface area contributed by atoms with Gasteiger partial charge in [-0.15, -0.1) is 0 Å². The Bertz CT molecular complexity index is 1200. The summed E-state index contributed by atoms with van der Waals surface area (Å²) < 4.78 is 0. The van der Waals surface area contributed by atoms with Gasteiger partial charge < -0.3 is 10.2 Å². The second-order valence-electron chi connectivity index (χ2n) is 13.2. The van der Waals surface area contributed by atoms with Crippen molar-refractivity contribution in [3.63, 3.8) is 0 Å². The molecule has 2 aromatic carbocycles. The van der Waals surface area contributed by atoms with E-state index in [2.05, 4.69) is 19.2 Å². The van der Waals surface area contributed by atoms with E-state index in [4.69, 9.17) is 11.6 Å². The van der Waals surface area contributed by atoms with E-state index in [1.807, 2.05) is 66.5 Å². The molecule has 0 spiro atoms. The number of rotatable bonds is 4. The summed E-state index contributed by atoms with van der Waals surface area (Å²) in [7, 11) is 1.95. The molecule has 4 nitrogen and oxygen atoms in total. The van der Waals surface area contributed by atoms with E-state index < -0.39 is 5.92 Å². The average Bonchev–Trinajstić information content (AvgIpc) is 3.32. The van der Waals surface area contributed by atoms with Crippen LogP contribution in [-0.2, 0) is 9.59 Å². The van der Waals surface area contributed by atoms with E-state index >= 15 is 0 Å². The predicted octanol–water partition coefficient (Wildman–Crippen LogP) is 7.03. The topological polar surface area (TPSA) is 49.4 Å². The summed E-state index contributed by atoms with van der Waals surface area (Å²) in [5, 5.41) is 3.95. The molecule has 3 aliphatic carbocycles. The zero-order valence-electron chi connectivity index (χ0n) is 23.0. The van der Waals surface area contributed by atoms with Gasteiger partial charge in [-0.3, -0.25) is 9.59 Å². The molecular formula is C33H41ClN2O2. The van der Waals surface area contributed by atoms with Gasteiger partial charge in [0, 0.05) is 18.1 Å². The maximum absolute atomic E-state index is 14.0. The number of benzene rings is 2. The van der Waals surface area contributed by atoms with Crippen molar-refractivity contribution in [1.29, 1.82) is 0 Å². The lowest BCUT2D eigenvalue weighted by molar-refractivity contribution is -0.169. The van der Waals surface area contributed by atoms with E-state index in [0.29, 0.717) is 22.8 Å². The van der Waals surface area contributed by atoms with Gasteiger partial charge in [0.05, 0.1) is 6.04 Å². The number of amides is 2. The molecule has 1 saturated heterocycles. The molecule has 0 radical (unpaired) electrons. The SMILES string of the molecule is CN1C(=O)C(C(=O)NC(c2ccccc2)c2ccc(Cl)cc2)C[C@@]2(C)C1CC[C@@H]1[C@H]2CC[C@]2(C)CCC[C@@H]12. The van der Waals surface area contributed by atoms with Crippen molar-refractivity contribution in [3.8, 4) is 0 Å². The van der Waals surface area contributed by atoms with Gasteiger partial charge in [-0.1, -0.05) is 74.3 Å². The summed E-state index contributed by atoms with van der Waals surface area (Å²) in [4.78, 5) is 29.7. The van der Waals surface area contributed by atoms with Crippen LogP contribution in [0, 0.1) is 34.5 Å². The lowest BCUT2D eigenvalue weighted by Gasteiger charge is -2.62. The van der Waals surface area contributed by atoms with Gasteiger partial charge in [-0.25, -0.2) is 0 Å². The molecule has 38 heavy (non-hydrogen) atoms. The Morgan fingerprint density at radius 3 is 2.39 bits per heavy atom. The number of hydrogen-bond donors (Lipinski definition) is 1. The van der Waals surface area contributed by atoms with Crippen LogP contribution < -0.4 is 5.32 Å². The van der Waals surface area contributed by atoms with Crippen molar-refractivity contribution in [3.05, 3.63) is 70.7 Å². The summed E-state index contributed by atoms with van der Waals surface area (Å²) in [6.07, 6.45) is 9.57. The predicted molar refractivity (Wildman–Crippen MR) is 152 cm³/mol. The zero-order valence-corrected chi connectivity index (χ0v) is 23.7. The maximum Gasteiger partial charge on any atom is 0.235 e. The Morgan fingerprint density at radius 2 is 1.66 bits per heavy atom. The summed E-state index contributed by atoms with van der Waals surface area (Å²) in [5.74, 6) is 1.29. The van der Waals surface area contributed by atoms with Gasteiger partial charge in [0.15, 0.2) is 0 Å². The van der Waals surface area contributed by atoms with Crippen LogP contribution in [-0.4, -0.2) is 29.8 Å². The van der Waals surface area contributed by atoms with Crippen LogP contribution >= 0.6 is 11.6 Å². The number of carbonyl (C=O) groups excluding carboxylic acids is 2. The van der Waals surface area contributed by atoms with Gasteiger partial charge >= 0.3 is 0 Å². The molecule has 1 aliphatic heterocycles. The second kappa shape index (κ2) is 9.70. The summed E-state index contributed by atoms with van der Waals surface area (Å²) in [6.45, 7) is 4.94. The van der Waals surface area contributed by atoms with Gasteiger partial charge in [0.25, 0.3) is 0 Å². The maximum atomic E-state index is 14.0. The monoisotopic (exact) mass is 532 g/mol. The first-order chi connectivity index (χ1) is 18.2. The van der Waals surface area contributed by atoms with Crippen molar-refractivity contribution < 1.29 is 9.59 Å². The number of likely N-dealkylation sites (tertiary alicyclic amines) is 1. The quantitative estimate of drug-likeness (QED) is 0.430. The number of nitrogens with one attached hydrogen (secondary N) is 1. The molecule has 3 unspecified atom stereocenters. The Hall–Kier alpha value is -2.33. The molecule has 4 fully saturated rings. The normalized spacial score (nSPS) is 37.1. The van der Waals surface area contributed by atoms with Gasteiger partial charge in [0.1, 0.15) is 5.92 Å². The van der Waals surface area contributed by atoms with Gasteiger partial charge in [-0.2, -0.15) is 0 Å². The van der Waals surface area contributed by atoms with Crippen LogP contribution in [0.15, 0.2) is 54.6 Å². The average molecular weight is 533 g/mol. The highest BCUT2D eigenvalue weighted by Crippen LogP contribution is 2.65. The van der Waals surface area contributed by atoms with Gasteiger partial charge in [0.2, 0.25) is 11.8 Å². The summed E-state index contributed by atoms with van der Waals surface area (Å²) in [6, 6.07) is 17.5. The molecule has 3 saturated carbocycles. The Kier molecular flexibility index (Phi) is 6.61. The van der Waals surface area contributed by atoms with Crippen LogP contribution in [0.3, 0.4) is 0 Å². The minimum atomic E-state index is -0.657. The van der Waals surface area contributed by atoms with Crippen molar-refractivity contribution >= 4 is 23.4 Å². The molecule has 202 valence electrons. The number of hydrogen-bond acceptors (Lipinski definition) is 2. The van der Waals surface area contributed by atoms with E-state index in [1.165, 1.54) is 38.5 Å². The fraction of sp³-hybridized carbons (Fsp3) is 0.576. The van der Waals surface area contributed by atoms with E-state index in [0.717, 1.165) is 29.4 Å². The molecule has 2 aromatic rings. The third-order valence-electron chi connectivity index (χ3n) is 11.3. The number of piperidine rings is 1. The fourth-order valence-corrected chi connectivity index (χ4v) is 9.51.